The van der Waals surface area contributed by atoms with Crippen molar-refractivity contribution in [1.82, 2.24) is 10.0 Å². The average molecular weight is 282 g/mol. The van der Waals surface area contributed by atoms with Crippen molar-refractivity contribution in [3.05, 3.63) is 28.8 Å². The Labute approximate surface area is 115 Å². The Morgan fingerprint density at radius 3 is 2.26 bits per heavy atom. The summed E-state index contributed by atoms with van der Waals surface area (Å²) in [4.78, 5) is 0.422. The second kappa shape index (κ2) is 4.89. The van der Waals surface area contributed by atoms with Gasteiger partial charge in [0.05, 0.1) is 4.90 Å². The standard InChI is InChI=1S/C14H22N2O2S/c1-10-7-11(2)13(12(3)8-10)19(17,18)16-14(4)5-6-15-9-14/h7-8,15-16H,5-6,9H2,1-4H3. The lowest BCUT2D eigenvalue weighted by molar-refractivity contribution is 0.451. The van der Waals surface area contributed by atoms with E-state index < -0.39 is 10.0 Å². The van der Waals surface area contributed by atoms with Crippen LogP contribution < -0.4 is 10.0 Å². The summed E-state index contributed by atoms with van der Waals surface area (Å²) in [7, 11) is -3.47. The molecule has 106 valence electrons. The molecule has 4 nitrogen and oxygen atoms in total. The van der Waals surface area contributed by atoms with Crippen molar-refractivity contribution in [2.75, 3.05) is 13.1 Å². The number of sulfonamides is 1. The van der Waals surface area contributed by atoms with Crippen LogP contribution in [0.1, 0.15) is 30.0 Å². The molecule has 1 aromatic carbocycles. The zero-order chi connectivity index (χ0) is 14.3. The van der Waals surface area contributed by atoms with Gasteiger partial charge < -0.3 is 5.32 Å². The maximum Gasteiger partial charge on any atom is 0.241 e. The maximum atomic E-state index is 12.6. The first-order valence-electron chi connectivity index (χ1n) is 6.56. The van der Waals surface area contributed by atoms with Gasteiger partial charge in [-0.3, -0.25) is 0 Å². The van der Waals surface area contributed by atoms with Gasteiger partial charge in [-0.2, -0.15) is 0 Å². The lowest BCUT2D eigenvalue weighted by atomic mass is 10.0. The van der Waals surface area contributed by atoms with Crippen LogP contribution in [-0.4, -0.2) is 27.0 Å². The molecule has 5 heteroatoms. The first-order valence-corrected chi connectivity index (χ1v) is 8.04. The van der Waals surface area contributed by atoms with Gasteiger partial charge >= 0.3 is 0 Å². The lowest BCUT2D eigenvalue weighted by Crippen LogP contribution is -2.47. The molecule has 1 saturated heterocycles. The minimum Gasteiger partial charge on any atom is -0.315 e. The average Bonchev–Trinajstić information content (AvgIpc) is 2.60. The molecule has 0 aliphatic carbocycles. The quantitative estimate of drug-likeness (QED) is 0.886. The third-order valence-electron chi connectivity index (χ3n) is 3.62. The third kappa shape index (κ3) is 2.99. The van der Waals surface area contributed by atoms with E-state index in [4.69, 9.17) is 0 Å². The van der Waals surface area contributed by atoms with Crippen LogP contribution in [0, 0.1) is 20.8 Å². The Bertz CT molecular complexity index is 564. The van der Waals surface area contributed by atoms with Crippen LogP contribution in [0.15, 0.2) is 17.0 Å². The fourth-order valence-corrected chi connectivity index (χ4v) is 4.76. The molecule has 1 aliphatic heterocycles. The van der Waals surface area contributed by atoms with E-state index in [2.05, 4.69) is 10.0 Å². The van der Waals surface area contributed by atoms with E-state index in [9.17, 15) is 8.42 Å². The summed E-state index contributed by atoms with van der Waals surface area (Å²) in [6, 6.07) is 3.83. The fourth-order valence-electron chi connectivity index (χ4n) is 2.87. The summed E-state index contributed by atoms with van der Waals surface area (Å²) in [5.74, 6) is 0. The van der Waals surface area contributed by atoms with Crippen LogP contribution in [-0.2, 0) is 10.0 Å². The van der Waals surface area contributed by atoms with Crippen molar-refractivity contribution in [1.29, 1.82) is 0 Å². The predicted molar refractivity (Wildman–Crippen MR) is 76.9 cm³/mol. The smallest absolute Gasteiger partial charge is 0.241 e. The minimum absolute atomic E-state index is 0.386. The van der Waals surface area contributed by atoms with E-state index >= 15 is 0 Å². The molecule has 0 saturated carbocycles. The zero-order valence-corrected chi connectivity index (χ0v) is 12.8. The van der Waals surface area contributed by atoms with Gasteiger partial charge in [-0.05, 0) is 51.8 Å². The summed E-state index contributed by atoms with van der Waals surface area (Å²) in [5.41, 5.74) is 2.31. The Balaban J connectivity index is 2.40. The predicted octanol–water partition coefficient (Wildman–Crippen LogP) is 1.64. The van der Waals surface area contributed by atoms with Crippen molar-refractivity contribution in [3.8, 4) is 0 Å². The lowest BCUT2D eigenvalue weighted by Gasteiger charge is -2.25. The Morgan fingerprint density at radius 1 is 1.21 bits per heavy atom. The van der Waals surface area contributed by atoms with E-state index in [1.165, 1.54) is 0 Å². The SMILES string of the molecule is Cc1cc(C)c(S(=O)(=O)NC2(C)CCNC2)c(C)c1. The van der Waals surface area contributed by atoms with Crippen molar-refractivity contribution in [2.45, 2.75) is 44.6 Å². The molecular formula is C14H22N2O2S. The van der Waals surface area contributed by atoms with E-state index in [0.717, 1.165) is 29.7 Å². The molecule has 0 bridgehead atoms. The first kappa shape index (κ1) is 14.5. The van der Waals surface area contributed by atoms with Crippen molar-refractivity contribution >= 4 is 10.0 Å². The highest BCUT2D eigenvalue weighted by molar-refractivity contribution is 7.89. The van der Waals surface area contributed by atoms with Gasteiger partial charge in [0.25, 0.3) is 0 Å². The number of hydrogen-bond acceptors (Lipinski definition) is 3. The van der Waals surface area contributed by atoms with Crippen molar-refractivity contribution < 1.29 is 8.42 Å². The summed E-state index contributed by atoms with van der Waals surface area (Å²) in [6.07, 6.45) is 0.816. The highest BCUT2D eigenvalue weighted by Gasteiger charge is 2.34. The van der Waals surface area contributed by atoms with Crippen LogP contribution in [0.2, 0.25) is 0 Å². The Morgan fingerprint density at radius 2 is 1.79 bits per heavy atom. The number of aryl methyl sites for hydroxylation is 3. The number of rotatable bonds is 3. The normalized spacial score (nSPS) is 23.8. The number of benzene rings is 1. The highest BCUT2D eigenvalue weighted by Crippen LogP contribution is 2.24. The van der Waals surface area contributed by atoms with Gasteiger partial charge in [-0.15, -0.1) is 0 Å². The van der Waals surface area contributed by atoms with Gasteiger partial charge in [0.2, 0.25) is 10.0 Å². The largest absolute Gasteiger partial charge is 0.315 e. The van der Waals surface area contributed by atoms with Crippen LogP contribution in [0.4, 0.5) is 0 Å². The highest BCUT2D eigenvalue weighted by atomic mass is 32.2. The van der Waals surface area contributed by atoms with E-state index in [1.54, 1.807) is 0 Å². The third-order valence-corrected chi connectivity index (χ3v) is 5.57. The summed E-state index contributed by atoms with van der Waals surface area (Å²) in [5, 5.41) is 3.20. The van der Waals surface area contributed by atoms with Crippen LogP contribution >= 0.6 is 0 Å². The molecule has 2 rings (SSSR count). The van der Waals surface area contributed by atoms with Gasteiger partial charge in [0, 0.05) is 12.1 Å². The topological polar surface area (TPSA) is 58.2 Å². The second-order valence-electron chi connectivity index (χ2n) is 5.82. The van der Waals surface area contributed by atoms with Gasteiger partial charge in [0.1, 0.15) is 0 Å². The molecule has 1 heterocycles. The molecule has 0 aromatic heterocycles. The van der Waals surface area contributed by atoms with Gasteiger partial charge in [-0.25, -0.2) is 13.1 Å². The molecule has 1 fully saturated rings. The number of nitrogens with one attached hydrogen (secondary N) is 2. The Kier molecular flexibility index (Phi) is 3.73. The van der Waals surface area contributed by atoms with Crippen LogP contribution in [0.25, 0.3) is 0 Å². The monoisotopic (exact) mass is 282 g/mol. The molecule has 1 unspecified atom stereocenters. The minimum atomic E-state index is -3.47. The van der Waals surface area contributed by atoms with Gasteiger partial charge in [-0.1, -0.05) is 17.7 Å². The molecule has 0 radical (unpaired) electrons. The van der Waals surface area contributed by atoms with E-state index in [-0.39, 0.29) is 5.54 Å². The van der Waals surface area contributed by atoms with Crippen molar-refractivity contribution in [2.24, 2.45) is 0 Å². The van der Waals surface area contributed by atoms with E-state index in [0.29, 0.717) is 11.4 Å². The second-order valence-corrected chi connectivity index (χ2v) is 7.44. The molecule has 1 aliphatic rings. The first-order chi connectivity index (χ1) is 8.73. The van der Waals surface area contributed by atoms with Crippen LogP contribution in [0.3, 0.4) is 0 Å². The molecular weight excluding hydrogens is 260 g/mol. The number of hydrogen-bond donors (Lipinski definition) is 2. The maximum absolute atomic E-state index is 12.6. The molecule has 0 spiro atoms. The fraction of sp³-hybridized carbons (Fsp3) is 0.571. The summed E-state index contributed by atoms with van der Waals surface area (Å²) in [6.45, 7) is 9.16. The van der Waals surface area contributed by atoms with Gasteiger partial charge in [0.15, 0.2) is 0 Å². The summed E-state index contributed by atoms with van der Waals surface area (Å²) >= 11 is 0. The molecule has 1 aromatic rings. The molecule has 19 heavy (non-hydrogen) atoms. The Hall–Kier alpha value is -0.910. The van der Waals surface area contributed by atoms with E-state index in [1.807, 2.05) is 39.8 Å². The zero-order valence-electron chi connectivity index (χ0n) is 12.0. The summed E-state index contributed by atoms with van der Waals surface area (Å²) < 4.78 is 28.1. The van der Waals surface area contributed by atoms with Crippen molar-refractivity contribution in [3.63, 3.8) is 0 Å². The molecule has 2 N–H and O–H groups in total. The van der Waals surface area contributed by atoms with Crippen LogP contribution in [0.5, 0.6) is 0 Å². The molecule has 1 atom stereocenters. The molecule has 0 amide bonds.